The molecule has 0 bridgehead atoms. The zero-order chi connectivity index (χ0) is 7.56. The maximum atomic E-state index is 10.1. The maximum Gasteiger partial charge on any atom is 0.0473 e. The van der Waals surface area contributed by atoms with Gasteiger partial charge >= 0.3 is 0 Å². The largest absolute Gasteiger partial charge is 0.550 e. The molecule has 0 saturated heterocycles. The summed E-state index contributed by atoms with van der Waals surface area (Å²) in [6, 6.07) is 3.56. The number of rotatable bonds is 2. The van der Waals surface area contributed by atoms with Gasteiger partial charge in [-0.05, 0) is 12.1 Å². The van der Waals surface area contributed by atoms with Crippen molar-refractivity contribution in [3.63, 3.8) is 0 Å². The molecule has 0 aliphatic carbocycles. The molecule has 0 atom stereocenters. The summed E-state index contributed by atoms with van der Waals surface area (Å²) in [5, 5.41) is 10.1. The van der Waals surface area contributed by atoms with Gasteiger partial charge in [0.15, 0.2) is 0 Å². The standard InChI is InChI=1S/C7H9NO2/c1-8-4-2-3-6(8)5-7(9)10/h2-4H,5H2,1H3,(H,9,10)/p-1. The lowest BCUT2D eigenvalue weighted by molar-refractivity contribution is -0.304. The molecule has 3 nitrogen and oxygen atoms in total. The van der Waals surface area contributed by atoms with E-state index in [1.165, 1.54) is 0 Å². The van der Waals surface area contributed by atoms with Crippen LogP contribution in [0.25, 0.3) is 0 Å². The maximum absolute atomic E-state index is 10.1. The monoisotopic (exact) mass is 138 g/mol. The third-order valence-corrected chi connectivity index (χ3v) is 1.38. The summed E-state index contributed by atoms with van der Waals surface area (Å²) in [6.07, 6.45) is 1.79. The van der Waals surface area contributed by atoms with Crippen molar-refractivity contribution in [3.05, 3.63) is 24.0 Å². The van der Waals surface area contributed by atoms with Crippen LogP contribution in [0.3, 0.4) is 0 Å². The van der Waals surface area contributed by atoms with Crippen molar-refractivity contribution in [1.29, 1.82) is 0 Å². The normalized spacial score (nSPS) is 9.70. The van der Waals surface area contributed by atoms with E-state index in [2.05, 4.69) is 0 Å². The van der Waals surface area contributed by atoms with Gasteiger partial charge in [0.05, 0.1) is 0 Å². The van der Waals surface area contributed by atoms with Crippen molar-refractivity contribution in [2.75, 3.05) is 0 Å². The second-order valence-corrected chi connectivity index (χ2v) is 2.16. The van der Waals surface area contributed by atoms with Crippen LogP contribution in [-0.2, 0) is 18.3 Å². The number of aryl methyl sites for hydroxylation is 1. The van der Waals surface area contributed by atoms with Crippen molar-refractivity contribution in [3.8, 4) is 0 Å². The molecule has 0 unspecified atom stereocenters. The molecule has 0 N–H and O–H groups in total. The van der Waals surface area contributed by atoms with Crippen LogP contribution in [0, 0.1) is 0 Å². The van der Waals surface area contributed by atoms with Gasteiger partial charge in [0, 0.05) is 31.3 Å². The first-order chi connectivity index (χ1) is 4.70. The average molecular weight is 138 g/mol. The highest BCUT2D eigenvalue weighted by Gasteiger charge is 1.94. The van der Waals surface area contributed by atoms with Crippen LogP contribution in [0.2, 0.25) is 0 Å². The van der Waals surface area contributed by atoms with Gasteiger partial charge in [0.1, 0.15) is 0 Å². The first kappa shape index (κ1) is 6.86. The molecular weight excluding hydrogens is 130 g/mol. The molecule has 0 aliphatic heterocycles. The van der Waals surface area contributed by atoms with Crippen molar-refractivity contribution >= 4 is 5.97 Å². The van der Waals surface area contributed by atoms with E-state index in [-0.39, 0.29) is 6.42 Å². The van der Waals surface area contributed by atoms with Crippen molar-refractivity contribution < 1.29 is 9.90 Å². The van der Waals surface area contributed by atoms with Crippen LogP contribution in [-0.4, -0.2) is 10.5 Å². The molecular formula is C7H8NO2-. The first-order valence-corrected chi connectivity index (χ1v) is 3.00. The Labute approximate surface area is 58.9 Å². The smallest absolute Gasteiger partial charge is 0.0473 e. The summed E-state index contributed by atoms with van der Waals surface area (Å²) in [7, 11) is 1.80. The zero-order valence-corrected chi connectivity index (χ0v) is 5.70. The van der Waals surface area contributed by atoms with Crippen LogP contribution >= 0.6 is 0 Å². The Morgan fingerprint density at radius 3 is 2.90 bits per heavy atom. The quantitative estimate of drug-likeness (QED) is 0.543. The molecule has 1 rings (SSSR count). The SMILES string of the molecule is Cn1cccc1CC(=O)[O-]. The van der Waals surface area contributed by atoms with Gasteiger partial charge in [-0.1, -0.05) is 0 Å². The topological polar surface area (TPSA) is 45.1 Å². The molecule has 0 spiro atoms. The Morgan fingerprint density at radius 2 is 2.50 bits per heavy atom. The second kappa shape index (κ2) is 2.56. The highest BCUT2D eigenvalue weighted by Crippen LogP contribution is 1.98. The predicted octanol–water partition coefficient (Wildman–Crippen LogP) is -0.683. The van der Waals surface area contributed by atoms with E-state index in [4.69, 9.17) is 0 Å². The van der Waals surface area contributed by atoms with E-state index >= 15 is 0 Å². The molecule has 0 saturated carbocycles. The summed E-state index contributed by atoms with van der Waals surface area (Å²) < 4.78 is 1.76. The summed E-state index contributed by atoms with van der Waals surface area (Å²) in [5.74, 6) is -1.04. The molecule has 0 fully saturated rings. The number of hydrogen-bond donors (Lipinski definition) is 0. The highest BCUT2D eigenvalue weighted by molar-refractivity contribution is 5.67. The fourth-order valence-corrected chi connectivity index (χ4v) is 0.828. The Bertz CT molecular complexity index is 240. The van der Waals surface area contributed by atoms with E-state index in [0.717, 1.165) is 5.69 Å². The summed E-state index contributed by atoms with van der Waals surface area (Å²) >= 11 is 0. The number of hydrogen-bond acceptors (Lipinski definition) is 2. The lowest BCUT2D eigenvalue weighted by Crippen LogP contribution is -2.25. The zero-order valence-electron chi connectivity index (χ0n) is 5.70. The van der Waals surface area contributed by atoms with Crippen LogP contribution in [0.5, 0.6) is 0 Å². The number of carboxylic acids is 1. The second-order valence-electron chi connectivity index (χ2n) is 2.16. The molecule has 1 heterocycles. The third kappa shape index (κ3) is 1.37. The Morgan fingerprint density at radius 1 is 1.80 bits per heavy atom. The number of aliphatic carboxylic acids is 1. The lowest BCUT2D eigenvalue weighted by atomic mass is 10.3. The van der Waals surface area contributed by atoms with E-state index in [9.17, 15) is 9.90 Å². The van der Waals surface area contributed by atoms with Gasteiger partial charge < -0.3 is 14.5 Å². The fourth-order valence-electron chi connectivity index (χ4n) is 0.828. The van der Waals surface area contributed by atoms with Gasteiger partial charge in [-0.3, -0.25) is 0 Å². The third-order valence-electron chi connectivity index (χ3n) is 1.38. The Balaban J connectivity index is 2.74. The van der Waals surface area contributed by atoms with E-state index in [0.29, 0.717) is 0 Å². The van der Waals surface area contributed by atoms with Crippen LogP contribution < -0.4 is 5.11 Å². The van der Waals surface area contributed by atoms with Crippen LogP contribution in [0.1, 0.15) is 5.69 Å². The molecule has 3 heteroatoms. The highest BCUT2D eigenvalue weighted by atomic mass is 16.4. The van der Waals surface area contributed by atoms with Gasteiger partial charge in [-0.25, -0.2) is 0 Å². The van der Waals surface area contributed by atoms with Crippen LogP contribution in [0.15, 0.2) is 18.3 Å². The summed E-state index contributed by atoms with van der Waals surface area (Å²) in [5.41, 5.74) is 0.764. The molecule has 0 aliphatic rings. The number of aromatic nitrogens is 1. The predicted molar refractivity (Wildman–Crippen MR) is 34.1 cm³/mol. The summed E-state index contributed by atoms with van der Waals surface area (Å²) in [4.78, 5) is 10.1. The number of carboxylic acid groups (broad SMARTS) is 1. The van der Waals surface area contributed by atoms with Crippen molar-refractivity contribution in [2.24, 2.45) is 7.05 Å². The molecule has 1 aromatic heterocycles. The van der Waals surface area contributed by atoms with Gasteiger partial charge in [-0.15, -0.1) is 0 Å². The molecule has 0 amide bonds. The minimum Gasteiger partial charge on any atom is -0.550 e. The molecule has 0 radical (unpaired) electrons. The number of carbonyl (C=O) groups is 1. The van der Waals surface area contributed by atoms with E-state index in [1.54, 1.807) is 29.9 Å². The number of carbonyl (C=O) groups excluding carboxylic acids is 1. The van der Waals surface area contributed by atoms with E-state index in [1.807, 2.05) is 0 Å². The number of nitrogens with zero attached hydrogens (tertiary/aromatic N) is 1. The molecule has 1 aromatic rings. The minimum atomic E-state index is -1.04. The molecule has 10 heavy (non-hydrogen) atoms. The van der Waals surface area contributed by atoms with Gasteiger partial charge in [-0.2, -0.15) is 0 Å². The van der Waals surface area contributed by atoms with E-state index < -0.39 is 5.97 Å². The minimum absolute atomic E-state index is 0.0104. The van der Waals surface area contributed by atoms with Gasteiger partial charge in [0.25, 0.3) is 0 Å². The molecule has 54 valence electrons. The first-order valence-electron chi connectivity index (χ1n) is 3.00. The summed E-state index contributed by atoms with van der Waals surface area (Å²) in [6.45, 7) is 0. The Kier molecular flexibility index (Phi) is 1.76. The van der Waals surface area contributed by atoms with Gasteiger partial charge in [0.2, 0.25) is 0 Å². The Hall–Kier alpha value is -1.25. The molecule has 0 aromatic carbocycles. The van der Waals surface area contributed by atoms with Crippen LogP contribution in [0.4, 0.5) is 0 Å². The lowest BCUT2D eigenvalue weighted by Gasteiger charge is -2.02. The average Bonchev–Trinajstić information content (AvgIpc) is 2.15. The fraction of sp³-hybridized carbons (Fsp3) is 0.286. The van der Waals surface area contributed by atoms with Crippen molar-refractivity contribution in [2.45, 2.75) is 6.42 Å². The van der Waals surface area contributed by atoms with Crippen molar-refractivity contribution in [1.82, 2.24) is 4.57 Å².